The number of anilines is 3. The Balaban J connectivity index is 1.54. The van der Waals surface area contributed by atoms with Crippen molar-refractivity contribution in [2.75, 3.05) is 23.3 Å². The summed E-state index contributed by atoms with van der Waals surface area (Å²) in [4.78, 5) is 27.3. The van der Waals surface area contributed by atoms with Gasteiger partial charge in [-0.2, -0.15) is 0 Å². The summed E-state index contributed by atoms with van der Waals surface area (Å²) in [5.41, 5.74) is 0.641. The van der Waals surface area contributed by atoms with Crippen molar-refractivity contribution in [3.8, 4) is 0 Å². The smallest absolute Gasteiger partial charge is 0.407 e. The van der Waals surface area contributed by atoms with Gasteiger partial charge in [-0.25, -0.2) is 24.1 Å². The van der Waals surface area contributed by atoms with Crippen LogP contribution in [0.3, 0.4) is 0 Å². The second-order valence-corrected chi connectivity index (χ2v) is 9.47. The molecule has 1 atom stereocenters. The van der Waals surface area contributed by atoms with E-state index >= 15 is 0 Å². The molecule has 3 aromatic rings. The lowest BCUT2D eigenvalue weighted by molar-refractivity contribution is 0.0509. The van der Waals surface area contributed by atoms with Crippen molar-refractivity contribution in [2.45, 2.75) is 38.8 Å². The molecule has 11 heteroatoms. The first-order valence-corrected chi connectivity index (χ1v) is 11.1. The molecule has 4 rings (SSSR count). The number of amides is 1. The molecule has 0 aliphatic carbocycles. The molecule has 1 aliphatic rings. The lowest BCUT2D eigenvalue weighted by atomic mass is 10.2. The van der Waals surface area contributed by atoms with E-state index in [9.17, 15) is 9.18 Å². The molecule has 3 heterocycles. The lowest BCUT2D eigenvalue weighted by Gasteiger charge is -2.22. The van der Waals surface area contributed by atoms with Crippen LogP contribution in [0.5, 0.6) is 0 Å². The maximum Gasteiger partial charge on any atom is 0.407 e. The number of benzene rings is 1. The quantitative estimate of drug-likeness (QED) is 0.476. The zero-order valence-electron chi connectivity index (χ0n) is 18.3. The van der Waals surface area contributed by atoms with Crippen molar-refractivity contribution in [1.29, 1.82) is 0 Å². The first-order chi connectivity index (χ1) is 15.6. The number of nitrogens with zero attached hydrogens (tertiary/aromatic N) is 4. The number of alkyl carbamates (subject to hydrolysis) is 1. The van der Waals surface area contributed by atoms with E-state index in [4.69, 9.17) is 32.9 Å². The van der Waals surface area contributed by atoms with Gasteiger partial charge in [0, 0.05) is 13.1 Å². The summed E-state index contributed by atoms with van der Waals surface area (Å²) < 4.78 is 19.9. The zero-order valence-corrected chi connectivity index (χ0v) is 19.8. The molecule has 1 aromatic carbocycles. The molecule has 2 aromatic heterocycles. The molecule has 1 amide bonds. The average molecular weight is 493 g/mol. The number of fused-ring (bicyclic) bond motifs is 1. The van der Waals surface area contributed by atoms with Gasteiger partial charge in [0.15, 0.2) is 11.6 Å². The maximum atomic E-state index is 14.5. The third kappa shape index (κ3) is 5.36. The molecule has 174 valence electrons. The molecule has 1 saturated heterocycles. The number of pyridine rings is 1. The van der Waals surface area contributed by atoms with E-state index in [2.05, 4.69) is 25.5 Å². The number of nitrogens with one attached hydrogen (secondary N) is 2. The summed E-state index contributed by atoms with van der Waals surface area (Å²) in [7, 11) is 0. The Labute approximate surface area is 200 Å². The minimum atomic E-state index is -0.678. The van der Waals surface area contributed by atoms with Crippen LogP contribution in [-0.2, 0) is 4.74 Å². The average Bonchev–Trinajstić information content (AvgIpc) is 3.21. The number of aromatic nitrogens is 3. The van der Waals surface area contributed by atoms with Crippen molar-refractivity contribution in [3.05, 3.63) is 46.5 Å². The van der Waals surface area contributed by atoms with Crippen molar-refractivity contribution < 1.29 is 13.9 Å². The fourth-order valence-electron chi connectivity index (χ4n) is 3.51. The predicted octanol–water partition coefficient (Wildman–Crippen LogP) is 5.32. The van der Waals surface area contributed by atoms with Gasteiger partial charge in [-0.15, -0.1) is 0 Å². The van der Waals surface area contributed by atoms with Gasteiger partial charge in [0.05, 0.1) is 27.3 Å². The summed E-state index contributed by atoms with van der Waals surface area (Å²) in [5.74, 6) is 0.355. The first-order valence-electron chi connectivity index (χ1n) is 10.4. The molecule has 8 nitrogen and oxygen atoms in total. The molecule has 0 bridgehead atoms. The van der Waals surface area contributed by atoms with Crippen LogP contribution in [0.25, 0.3) is 11.0 Å². The molecule has 2 N–H and O–H groups in total. The maximum absolute atomic E-state index is 14.5. The Bertz CT molecular complexity index is 1200. The topological polar surface area (TPSA) is 92.3 Å². The number of rotatable bonds is 4. The second-order valence-electron chi connectivity index (χ2n) is 8.69. The van der Waals surface area contributed by atoms with Gasteiger partial charge in [-0.05, 0) is 51.5 Å². The minimum Gasteiger partial charge on any atom is -0.444 e. The van der Waals surface area contributed by atoms with Crippen LogP contribution >= 0.6 is 23.2 Å². The largest absolute Gasteiger partial charge is 0.444 e. The van der Waals surface area contributed by atoms with Crippen molar-refractivity contribution in [2.24, 2.45) is 0 Å². The van der Waals surface area contributed by atoms with E-state index in [1.165, 1.54) is 18.5 Å². The molecule has 0 radical (unpaired) electrons. The van der Waals surface area contributed by atoms with Crippen LogP contribution in [0.4, 0.5) is 26.5 Å². The molecule has 0 spiro atoms. The van der Waals surface area contributed by atoms with E-state index in [-0.39, 0.29) is 21.8 Å². The first kappa shape index (κ1) is 23.3. The number of halogens is 3. The van der Waals surface area contributed by atoms with E-state index < -0.39 is 17.5 Å². The standard InChI is InChI=1S/C22H23Cl2FN6O2/c1-22(2,3)33-21(32)28-12-8-9-31(10-12)16-7-6-15-19(30-16)20(27-11-26-15)29-14-5-4-13(23)17(24)18(14)25/h4-7,11-12H,8-10H2,1-3H3,(H,28,32)(H,26,27,29). The highest BCUT2D eigenvalue weighted by Gasteiger charge is 2.27. The van der Waals surface area contributed by atoms with Gasteiger partial charge in [0.25, 0.3) is 0 Å². The number of hydrogen-bond acceptors (Lipinski definition) is 7. The van der Waals surface area contributed by atoms with Gasteiger partial charge in [0.2, 0.25) is 0 Å². The van der Waals surface area contributed by atoms with Crippen LogP contribution in [-0.4, -0.2) is 45.8 Å². The van der Waals surface area contributed by atoms with Crippen molar-refractivity contribution in [1.82, 2.24) is 20.3 Å². The van der Waals surface area contributed by atoms with Crippen LogP contribution in [0, 0.1) is 5.82 Å². The number of carbonyl (C=O) groups excluding carboxylic acids is 1. The van der Waals surface area contributed by atoms with Gasteiger partial charge < -0.3 is 20.3 Å². The van der Waals surface area contributed by atoms with E-state index in [1.807, 2.05) is 32.9 Å². The summed E-state index contributed by atoms with van der Waals surface area (Å²) in [6.45, 7) is 6.75. The number of ether oxygens (including phenoxy) is 1. The van der Waals surface area contributed by atoms with Gasteiger partial charge >= 0.3 is 6.09 Å². The molecule has 1 fully saturated rings. The van der Waals surface area contributed by atoms with Crippen LogP contribution < -0.4 is 15.5 Å². The van der Waals surface area contributed by atoms with Gasteiger partial charge in [-0.3, -0.25) is 0 Å². The molecular formula is C22H23Cl2FN6O2. The number of carbonyl (C=O) groups is 1. The Morgan fingerprint density at radius 3 is 2.76 bits per heavy atom. The fourth-order valence-corrected chi connectivity index (χ4v) is 3.82. The minimum absolute atomic E-state index is 0.0627. The Hall–Kier alpha value is -2.91. The predicted molar refractivity (Wildman–Crippen MR) is 127 cm³/mol. The highest BCUT2D eigenvalue weighted by Crippen LogP contribution is 2.32. The summed E-state index contributed by atoms with van der Waals surface area (Å²) in [5, 5.41) is 5.78. The Morgan fingerprint density at radius 2 is 2.00 bits per heavy atom. The van der Waals surface area contributed by atoms with Crippen LogP contribution in [0.15, 0.2) is 30.6 Å². The van der Waals surface area contributed by atoms with Crippen LogP contribution in [0.2, 0.25) is 10.0 Å². The van der Waals surface area contributed by atoms with Crippen molar-refractivity contribution in [3.63, 3.8) is 0 Å². The monoisotopic (exact) mass is 492 g/mol. The second kappa shape index (κ2) is 9.15. The van der Waals surface area contributed by atoms with E-state index in [0.29, 0.717) is 35.8 Å². The van der Waals surface area contributed by atoms with Gasteiger partial charge in [-0.1, -0.05) is 23.2 Å². The highest BCUT2D eigenvalue weighted by molar-refractivity contribution is 6.42. The van der Waals surface area contributed by atoms with Crippen molar-refractivity contribution >= 4 is 57.7 Å². The summed E-state index contributed by atoms with van der Waals surface area (Å²) >= 11 is 11.8. The summed E-state index contributed by atoms with van der Waals surface area (Å²) in [6, 6.07) is 6.60. The Morgan fingerprint density at radius 1 is 1.21 bits per heavy atom. The third-order valence-corrected chi connectivity index (χ3v) is 5.77. The molecular weight excluding hydrogens is 470 g/mol. The zero-order chi connectivity index (χ0) is 23.8. The normalized spacial score (nSPS) is 16.2. The summed E-state index contributed by atoms with van der Waals surface area (Å²) in [6.07, 6.45) is 1.69. The molecule has 1 unspecified atom stereocenters. The number of hydrogen-bond donors (Lipinski definition) is 2. The third-order valence-electron chi connectivity index (χ3n) is 4.99. The fraction of sp³-hybridized carbons (Fsp3) is 0.364. The van der Waals surface area contributed by atoms with E-state index in [1.54, 1.807) is 0 Å². The molecule has 1 aliphatic heterocycles. The van der Waals surface area contributed by atoms with Gasteiger partial charge in [0.1, 0.15) is 23.3 Å². The molecule has 0 saturated carbocycles. The molecule has 33 heavy (non-hydrogen) atoms. The highest BCUT2D eigenvalue weighted by atomic mass is 35.5. The Kier molecular flexibility index (Phi) is 6.45. The lowest BCUT2D eigenvalue weighted by Crippen LogP contribution is -2.40. The van der Waals surface area contributed by atoms with E-state index in [0.717, 1.165) is 6.42 Å². The SMILES string of the molecule is CC(C)(C)OC(=O)NC1CCN(c2ccc3ncnc(Nc4ccc(Cl)c(Cl)c4F)c3n2)C1. The van der Waals surface area contributed by atoms with Crippen LogP contribution in [0.1, 0.15) is 27.2 Å².